The molecule has 0 spiro atoms. The fourth-order valence-electron chi connectivity index (χ4n) is 4.84. The Morgan fingerprint density at radius 2 is 1.64 bits per heavy atom. The maximum atomic E-state index is 13.9. The number of hydrogen-bond donors (Lipinski definition) is 1. The molecular weight excluding hydrogens is 444 g/mol. The number of rotatable bonds is 9. The van der Waals surface area contributed by atoms with Gasteiger partial charge in [-0.15, -0.1) is 0 Å². The Morgan fingerprint density at radius 3 is 2.28 bits per heavy atom. The quantitative estimate of drug-likeness (QED) is 0.309. The van der Waals surface area contributed by atoms with Gasteiger partial charge in [-0.2, -0.15) is 0 Å². The second-order valence-corrected chi connectivity index (χ2v) is 10.2. The largest absolute Gasteiger partial charge is 0.330 e. The van der Waals surface area contributed by atoms with Crippen LogP contribution in [0.3, 0.4) is 0 Å². The molecular formula is C31H38N4O. The van der Waals surface area contributed by atoms with Crippen LogP contribution < -0.4 is 5.73 Å². The van der Waals surface area contributed by atoms with E-state index in [9.17, 15) is 4.79 Å². The van der Waals surface area contributed by atoms with Gasteiger partial charge in [0.15, 0.2) is 0 Å². The number of carbonyl (C=O) groups is 1. The molecule has 4 aromatic rings. The van der Waals surface area contributed by atoms with Crippen LogP contribution in [0, 0.1) is 26.7 Å². The maximum absolute atomic E-state index is 13.9. The molecule has 3 aromatic carbocycles. The zero-order chi connectivity index (χ0) is 25.8. The molecule has 36 heavy (non-hydrogen) atoms. The zero-order valence-corrected chi connectivity index (χ0v) is 22.2. The number of benzene rings is 3. The molecule has 0 aliphatic rings. The molecule has 0 saturated heterocycles. The number of carbonyl (C=O) groups excluding carboxylic acids is 1. The van der Waals surface area contributed by atoms with Crippen molar-refractivity contribution in [1.82, 2.24) is 14.5 Å². The van der Waals surface area contributed by atoms with Gasteiger partial charge in [0.25, 0.3) is 5.91 Å². The number of nitrogens with two attached hydrogens (primary N) is 1. The van der Waals surface area contributed by atoms with E-state index < -0.39 is 0 Å². The molecule has 0 fully saturated rings. The number of amides is 1. The summed E-state index contributed by atoms with van der Waals surface area (Å²) in [6.07, 6.45) is 0.734. The van der Waals surface area contributed by atoms with Crippen LogP contribution >= 0.6 is 0 Å². The molecule has 1 atom stereocenters. The van der Waals surface area contributed by atoms with E-state index in [4.69, 9.17) is 10.7 Å². The molecule has 0 radical (unpaired) electrons. The number of imidazole rings is 1. The van der Waals surface area contributed by atoms with Gasteiger partial charge in [-0.25, -0.2) is 4.98 Å². The Balaban J connectivity index is 1.88. The number of hydrogen-bond acceptors (Lipinski definition) is 3. The van der Waals surface area contributed by atoms with Crippen molar-refractivity contribution in [1.29, 1.82) is 0 Å². The maximum Gasteiger partial charge on any atom is 0.254 e. The predicted octanol–water partition coefficient (Wildman–Crippen LogP) is 6.20. The highest BCUT2D eigenvalue weighted by Gasteiger charge is 2.32. The number of aryl methyl sites for hydroxylation is 3. The summed E-state index contributed by atoms with van der Waals surface area (Å²) in [5.41, 5.74) is 13.5. The highest BCUT2D eigenvalue weighted by Crippen LogP contribution is 2.33. The van der Waals surface area contributed by atoms with E-state index >= 15 is 0 Å². The molecule has 188 valence electrons. The van der Waals surface area contributed by atoms with Crippen LogP contribution in [0.15, 0.2) is 66.7 Å². The molecule has 1 unspecified atom stereocenters. The molecule has 4 rings (SSSR count). The summed E-state index contributed by atoms with van der Waals surface area (Å²) in [7, 11) is 0. The van der Waals surface area contributed by atoms with Gasteiger partial charge >= 0.3 is 0 Å². The highest BCUT2D eigenvalue weighted by atomic mass is 16.2. The minimum absolute atomic E-state index is 0.0211. The van der Waals surface area contributed by atoms with Crippen LogP contribution in [0.4, 0.5) is 0 Å². The first-order valence-electron chi connectivity index (χ1n) is 12.9. The van der Waals surface area contributed by atoms with Gasteiger partial charge in [0, 0.05) is 18.7 Å². The average Bonchev–Trinajstić information content (AvgIpc) is 3.18. The monoisotopic (exact) mass is 482 g/mol. The highest BCUT2D eigenvalue weighted by molar-refractivity contribution is 5.94. The second-order valence-electron chi connectivity index (χ2n) is 10.2. The smallest absolute Gasteiger partial charge is 0.254 e. The summed E-state index contributed by atoms with van der Waals surface area (Å²) >= 11 is 0. The van der Waals surface area contributed by atoms with Gasteiger partial charge in [-0.1, -0.05) is 61.9 Å². The predicted molar refractivity (Wildman–Crippen MR) is 148 cm³/mol. The van der Waals surface area contributed by atoms with Crippen LogP contribution in [0.1, 0.15) is 64.7 Å². The molecule has 0 aliphatic heterocycles. The average molecular weight is 483 g/mol. The molecule has 1 aromatic heterocycles. The standard InChI is InChI=1S/C31H38N4O/c1-21(2)29(34(17-9-16-32)31(36)26-14-12-22(3)13-15-26)30-33-27-18-23(4)24(5)19-28(27)35(30)20-25-10-7-6-8-11-25/h6-8,10-15,18-19,21,29H,9,16-17,20,32H2,1-5H3. The number of fused-ring (bicyclic) bond motifs is 1. The lowest BCUT2D eigenvalue weighted by atomic mass is 9.99. The van der Waals surface area contributed by atoms with Crippen molar-refractivity contribution in [2.45, 2.75) is 53.6 Å². The van der Waals surface area contributed by atoms with E-state index in [2.05, 4.69) is 68.7 Å². The molecule has 1 amide bonds. The third-order valence-electron chi connectivity index (χ3n) is 6.97. The van der Waals surface area contributed by atoms with Gasteiger partial charge in [0.05, 0.1) is 17.1 Å². The molecule has 1 heterocycles. The van der Waals surface area contributed by atoms with E-state index in [0.717, 1.165) is 28.8 Å². The fraction of sp³-hybridized carbons (Fsp3) is 0.355. The van der Waals surface area contributed by atoms with E-state index in [-0.39, 0.29) is 17.9 Å². The van der Waals surface area contributed by atoms with Gasteiger partial charge in [-0.05, 0) is 80.6 Å². The molecule has 0 aliphatic carbocycles. The molecule has 0 saturated carbocycles. The summed E-state index contributed by atoms with van der Waals surface area (Å²) in [6, 6.07) is 22.5. The van der Waals surface area contributed by atoms with Crippen molar-refractivity contribution in [3.05, 3.63) is 100 Å². The fourth-order valence-corrected chi connectivity index (χ4v) is 4.84. The Bertz CT molecular complexity index is 1320. The van der Waals surface area contributed by atoms with E-state index in [0.29, 0.717) is 25.2 Å². The van der Waals surface area contributed by atoms with Crippen molar-refractivity contribution in [2.75, 3.05) is 13.1 Å². The summed E-state index contributed by atoms with van der Waals surface area (Å²) in [4.78, 5) is 21.1. The third kappa shape index (κ3) is 5.36. The lowest BCUT2D eigenvalue weighted by molar-refractivity contribution is 0.0605. The lowest BCUT2D eigenvalue weighted by Gasteiger charge is -2.34. The van der Waals surface area contributed by atoms with Gasteiger partial charge in [0.2, 0.25) is 0 Å². The van der Waals surface area contributed by atoms with Gasteiger partial charge in [-0.3, -0.25) is 4.79 Å². The van der Waals surface area contributed by atoms with E-state index in [1.165, 1.54) is 16.7 Å². The minimum atomic E-state index is -0.193. The van der Waals surface area contributed by atoms with Crippen molar-refractivity contribution >= 4 is 16.9 Å². The van der Waals surface area contributed by atoms with Crippen LogP contribution in [0.5, 0.6) is 0 Å². The van der Waals surface area contributed by atoms with Crippen LogP contribution in [-0.2, 0) is 6.54 Å². The Labute approximate surface area is 215 Å². The van der Waals surface area contributed by atoms with E-state index in [1.54, 1.807) is 0 Å². The summed E-state index contributed by atoms with van der Waals surface area (Å²) < 4.78 is 2.31. The Hall–Kier alpha value is -3.44. The zero-order valence-electron chi connectivity index (χ0n) is 22.2. The van der Waals surface area contributed by atoms with Crippen LogP contribution in [0.2, 0.25) is 0 Å². The molecule has 0 bridgehead atoms. The third-order valence-corrected chi connectivity index (χ3v) is 6.97. The lowest BCUT2D eigenvalue weighted by Crippen LogP contribution is -2.40. The topological polar surface area (TPSA) is 64.2 Å². The van der Waals surface area contributed by atoms with Crippen LogP contribution in [-0.4, -0.2) is 33.4 Å². The number of nitrogens with zero attached hydrogens (tertiary/aromatic N) is 3. The minimum Gasteiger partial charge on any atom is -0.330 e. The summed E-state index contributed by atoms with van der Waals surface area (Å²) in [5, 5.41) is 0. The first-order valence-corrected chi connectivity index (χ1v) is 12.9. The first-order chi connectivity index (χ1) is 17.3. The van der Waals surface area contributed by atoms with Crippen molar-refractivity contribution in [3.63, 3.8) is 0 Å². The second kappa shape index (κ2) is 11.1. The first kappa shape index (κ1) is 25.6. The van der Waals surface area contributed by atoms with Crippen molar-refractivity contribution in [3.8, 4) is 0 Å². The van der Waals surface area contributed by atoms with Gasteiger partial charge in [0.1, 0.15) is 5.82 Å². The van der Waals surface area contributed by atoms with Gasteiger partial charge < -0.3 is 15.2 Å². The SMILES string of the molecule is Cc1ccc(C(=O)N(CCCN)C(c2nc3cc(C)c(C)cc3n2Cc2ccccc2)C(C)C)cc1. The normalized spacial score (nSPS) is 12.3. The van der Waals surface area contributed by atoms with Crippen molar-refractivity contribution < 1.29 is 4.79 Å². The Kier molecular flexibility index (Phi) is 7.90. The van der Waals surface area contributed by atoms with Crippen LogP contribution in [0.25, 0.3) is 11.0 Å². The molecule has 5 heteroatoms. The molecule has 2 N–H and O–H groups in total. The van der Waals surface area contributed by atoms with E-state index in [1.807, 2.05) is 42.2 Å². The summed E-state index contributed by atoms with van der Waals surface area (Å²) in [6.45, 7) is 12.5. The van der Waals surface area contributed by atoms with Crippen molar-refractivity contribution in [2.24, 2.45) is 11.7 Å². The Morgan fingerprint density at radius 1 is 0.972 bits per heavy atom. The number of aromatic nitrogens is 2. The molecule has 5 nitrogen and oxygen atoms in total. The summed E-state index contributed by atoms with van der Waals surface area (Å²) in [5.74, 6) is 1.10.